The van der Waals surface area contributed by atoms with Crippen LogP contribution in [0.25, 0.3) is 10.8 Å². The lowest BCUT2D eigenvalue weighted by molar-refractivity contribution is 0.102. The molecule has 20 heavy (non-hydrogen) atoms. The van der Waals surface area contributed by atoms with Crippen LogP contribution in [0.3, 0.4) is 0 Å². The Hall–Kier alpha value is -2.46. The number of halogens is 1. The van der Waals surface area contributed by atoms with Crippen LogP contribution < -0.4 is 5.32 Å². The van der Waals surface area contributed by atoms with E-state index < -0.39 is 0 Å². The van der Waals surface area contributed by atoms with Gasteiger partial charge in [0.2, 0.25) is 5.28 Å². The van der Waals surface area contributed by atoms with Crippen LogP contribution in [0.1, 0.15) is 10.4 Å². The fraction of sp³-hybridized carbons (Fsp3) is 0. The SMILES string of the molecule is O=C(Nc1ccnc(Cl)n1)c1ccc2ccccc2c1. The highest BCUT2D eigenvalue weighted by Crippen LogP contribution is 2.16. The zero-order valence-electron chi connectivity index (χ0n) is 10.4. The second-order valence-electron chi connectivity index (χ2n) is 4.23. The van der Waals surface area contributed by atoms with Gasteiger partial charge in [0.05, 0.1) is 0 Å². The first-order chi connectivity index (χ1) is 9.72. The highest BCUT2D eigenvalue weighted by Gasteiger charge is 2.08. The molecule has 3 aromatic rings. The highest BCUT2D eigenvalue weighted by molar-refractivity contribution is 6.28. The number of aromatic nitrogens is 2. The summed E-state index contributed by atoms with van der Waals surface area (Å²) in [6.07, 6.45) is 1.49. The van der Waals surface area contributed by atoms with E-state index in [2.05, 4.69) is 15.3 Å². The van der Waals surface area contributed by atoms with E-state index in [0.717, 1.165) is 10.8 Å². The molecule has 0 radical (unpaired) electrons. The largest absolute Gasteiger partial charge is 0.306 e. The minimum Gasteiger partial charge on any atom is -0.306 e. The number of carbonyl (C=O) groups is 1. The van der Waals surface area contributed by atoms with E-state index in [4.69, 9.17) is 11.6 Å². The Morgan fingerprint density at radius 1 is 1.05 bits per heavy atom. The third-order valence-corrected chi connectivity index (χ3v) is 3.06. The molecule has 1 aromatic heterocycles. The fourth-order valence-corrected chi connectivity index (χ4v) is 2.07. The van der Waals surface area contributed by atoms with Crippen molar-refractivity contribution in [3.05, 3.63) is 65.6 Å². The van der Waals surface area contributed by atoms with Crippen molar-refractivity contribution >= 4 is 34.1 Å². The van der Waals surface area contributed by atoms with Gasteiger partial charge < -0.3 is 5.32 Å². The molecule has 1 heterocycles. The van der Waals surface area contributed by atoms with Crippen molar-refractivity contribution in [2.24, 2.45) is 0 Å². The molecule has 98 valence electrons. The Balaban J connectivity index is 1.88. The summed E-state index contributed by atoms with van der Waals surface area (Å²) < 4.78 is 0. The van der Waals surface area contributed by atoms with Crippen molar-refractivity contribution in [2.75, 3.05) is 5.32 Å². The second-order valence-corrected chi connectivity index (χ2v) is 4.57. The average molecular weight is 284 g/mol. The number of nitrogens with zero attached hydrogens (tertiary/aromatic N) is 2. The maximum atomic E-state index is 12.2. The quantitative estimate of drug-likeness (QED) is 0.732. The van der Waals surface area contributed by atoms with Crippen LogP contribution in [0.5, 0.6) is 0 Å². The average Bonchev–Trinajstić information content (AvgIpc) is 2.47. The molecule has 5 heteroatoms. The van der Waals surface area contributed by atoms with Crippen molar-refractivity contribution in [2.45, 2.75) is 0 Å². The van der Waals surface area contributed by atoms with Crippen LogP contribution in [0, 0.1) is 0 Å². The van der Waals surface area contributed by atoms with Crippen molar-refractivity contribution in [1.29, 1.82) is 0 Å². The van der Waals surface area contributed by atoms with E-state index in [9.17, 15) is 4.79 Å². The van der Waals surface area contributed by atoms with Gasteiger partial charge in [0.1, 0.15) is 5.82 Å². The first-order valence-corrected chi connectivity index (χ1v) is 6.39. The zero-order valence-corrected chi connectivity index (χ0v) is 11.1. The monoisotopic (exact) mass is 283 g/mol. The van der Waals surface area contributed by atoms with Gasteiger partial charge in [-0.15, -0.1) is 0 Å². The predicted molar refractivity (Wildman–Crippen MR) is 78.9 cm³/mol. The first-order valence-electron chi connectivity index (χ1n) is 6.01. The van der Waals surface area contributed by atoms with E-state index in [-0.39, 0.29) is 11.2 Å². The lowest BCUT2D eigenvalue weighted by atomic mass is 10.1. The van der Waals surface area contributed by atoms with Crippen LogP contribution in [-0.4, -0.2) is 15.9 Å². The highest BCUT2D eigenvalue weighted by atomic mass is 35.5. The molecule has 3 rings (SSSR count). The van der Waals surface area contributed by atoms with Gasteiger partial charge in [-0.2, -0.15) is 0 Å². The maximum Gasteiger partial charge on any atom is 0.256 e. The molecule has 4 nitrogen and oxygen atoms in total. The predicted octanol–water partition coefficient (Wildman–Crippen LogP) is 3.54. The number of benzene rings is 2. The van der Waals surface area contributed by atoms with Crippen molar-refractivity contribution in [1.82, 2.24) is 9.97 Å². The van der Waals surface area contributed by atoms with E-state index in [1.165, 1.54) is 6.20 Å². The number of hydrogen-bond acceptors (Lipinski definition) is 3. The number of fused-ring (bicyclic) bond motifs is 1. The van der Waals surface area contributed by atoms with E-state index in [1.54, 1.807) is 12.1 Å². The molecular formula is C15H10ClN3O. The molecule has 2 aromatic carbocycles. The summed E-state index contributed by atoms with van der Waals surface area (Å²) in [6.45, 7) is 0. The number of amides is 1. The third-order valence-electron chi connectivity index (χ3n) is 2.88. The first kappa shape index (κ1) is 12.6. The van der Waals surface area contributed by atoms with Gasteiger partial charge in [0, 0.05) is 11.8 Å². The molecule has 0 bridgehead atoms. The lowest BCUT2D eigenvalue weighted by Gasteiger charge is -2.05. The summed E-state index contributed by atoms with van der Waals surface area (Å²) in [5.41, 5.74) is 0.568. The summed E-state index contributed by atoms with van der Waals surface area (Å²) in [6, 6.07) is 15.0. The number of rotatable bonds is 2. The summed E-state index contributed by atoms with van der Waals surface area (Å²) >= 11 is 5.68. The Kier molecular flexibility index (Phi) is 3.31. The van der Waals surface area contributed by atoms with Gasteiger partial charge in [0.25, 0.3) is 5.91 Å². The lowest BCUT2D eigenvalue weighted by Crippen LogP contribution is -2.13. The van der Waals surface area contributed by atoms with Crippen molar-refractivity contribution < 1.29 is 4.79 Å². The van der Waals surface area contributed by atoms with Crippen LogP contribution in [-0.2, 0) is 0 Å². The minimum atomic E-state index is -0.231. The summed E-state index contributed by atoms with van der Waals surface area (Å²) in [4.78, 5) is 19.8. The summed E-state index contributed by atoms with van der Waals surface area (Å²) in [5, 5.41) is 4.89. The second kappa shape index (κ2) is 5.27. The minimum absolute atomic E-state index is 0.0984. The molecule has 0 fully saturated rings. The molecule has 0 atom stereocenters. The Morgan fingerprint density at radius 2 is 1.85 bits per heavy atom. The maximum absolute atomic E-state index is 12.2. The normalized spacial score (nSPS) is 10.4. The van der Waals surface area contributed by atoms with Crippen molar-refractivity contribution in [3.63, 3.8) is 0 Å². The van der Waals surface area contributed by atoms with Gasteiger partial charge in [0.15, 0.2) is 0 Å². The van der Waals surface area contributed by atoms with Crippen LogP contribution in [0.4, 0.5) is 5.82 Å². The van der Waals surface area contributed by atoms with Gasteiger partial charge in [-0.1, -0.05) is 30.3 Å². The Morgan fingerprint density at radius 3 is 2.65 bits per heavy atom. The van der Waals surface area contributed by atoms with Gasteiger partial charge in [-0.05, 0) is 40.6 Å². The molecule has 1 N–H and O–H groups in total. The molecule has 0 aliphatic carbocycles. The summed E-state index contributed by atoms with van der Waals surface area (Å²) in [7, 11) is 0. The number of nitrogens with one attached hydrogen (secondary N) is 1. The molecule has 0 aliphatic heterocycles. The van der Waals surface area contributed by atoms with Gasteiger partial charge in [-0.25, -0.2) is 9.97 Å². The van der Waals surface area contributed by atoms with Crippen LogP contribution in [0.15, 0.2) is 54.7 Å². The molecule has 1 amide bonds. The Bertz CT molecular complexity index is 789. The summed E-state index contributed by atoms with van der Waals surface area (Å²) in [5.74, 6) is 0.147. The van der Waals surface area contributed by atoms with Crippen LogP contribution in [0.2, 0.25) is 5.28 Å². The standard InChI is InChI=1S/C15H10ClN3O/c16-15-17-8-7-13(19-15)18-14(20)12-6-5-10-3-1-2-4-11(10)9-12/h1-9H,(H,17,18,19,20). The molecule has 0 saturated carbocycles. The third kappa shape index (κ3) is 2.60. The van der Waals surface area contributed by atoms with E-state index in [0.29, 0.717) is 11.4 Å². The van der Waals surface area contributed by atoms with E-state index >= 15 is 0 Å². The smallest absolute Gasteiger partial charge is 0.256 e. The number of hydrogen-bond donors (Lipinski definition) is 1. The number of anilines is 1. The molecule has 0 aliphatic rings. The van der Waals surface area contributed by atoms with Crippen molar-refractivity contribution in [3.8, 4) is 0 Å². The zero-order chi connectivity index (χ0) is 13.9. The molecule has 0 unspecified atom stereocenters. The topological polar surface area (TPSA) is 54.9 Å². The molecular weight excluding hydrogens is 274 g/mol. The fourth-order valence-electron chi connectivity index (χ4n) is 1.92. The molecule has 0 spiro atoms. The van der Waals surface area contributed by atoms with Gasteiger partial charge in [-0.3, -0.25) is 4.79 Å². The van der Waals surface area contributed by atoms with Crippen LogP contribution >= 0.6 is 11.6 Å². The number of carbonyl (C=O) groups excluding carboxylic acids is 1. The van der Waals surface area contributed by atoms with E-state index in [1.807, 2.05) is 36.4 Å². The Labute approximate surface area is 120 Å². The van der Waals surface area contributed by atoms with Gasteiger partial charge >= 0.3 is 0 Å². The molecule has 0 saturated heterocycles.